The summed E-state index contributed by atoms with van der Waals surface area (Å²) in [6, 6.07) is 15.3. The molecule has 1 N–H and O–H groups in total. The summed E-state index contributed by atoms with van der Waals surface area (Å²) in [5, 5.41) is 12.0. The minimum Gasteiger partial charge on any atom is -0.485 e. The van der Waals surface area contributed by atoms with Crippen LogP contribution < -0.4 is 10.1 Å². The van der Waals surface area contributed by atoms with Gasteiger partial charge in [0.1, 0.15) is 12.4 Å². The number of nitrogens with zero attached hydrogens (tertiary/aromatic N) is 3. The van der Waals surface area contributed by atoms with Crippen molar-refractivity contribution < 1.29 is 9.53 Å². The van der Waals surface area contributed by atoms with Crippen molar-refractivity contribution in [3.63, 3.8) is 0 Å². The Morgan fingerprint density at radius 2 is 2.00 bits per heavy atom. The van der Waals surface area contributed by atoms with E-state index >= 15 is 0 Å². The summed E-state index contributed by atoms with van der Waals surface area (Å²) >= 11 is 4.70. The highest BCUT2D eigenvalue weighted by molar-refractivity contribution is 9.10. The van der Waals surface area contributed by atoms with E-state index in [-0.39, 0.29) is 18.3 Å². The van der Waals surface area contributed by atoms with Crippen LogP contribution in [0, 0.1) is 6.92 Å². The smallest absolute Gasteiger partial charge is 0.234 e. The standard InChI is InChI=1S/C21H21BrN4O2S/c1-3-12-26-19(13-28-18-7-5-4-6-15(18)2)24-25-21(26)29-14-20(27)23-17-10-8-16(22)9-11-17/h3-11H,1,12-14H2,2H3,(H,23,27). The molecule has 0 aliphatic rings. The van der Waals surface area contributed by atoms with Gasteiger partial charge in [-0.05, 0) is 42.8 Å². The Hall–Kier alpha value is -2.58. The molecule has 6 nitrogen and oxygen atoms in total. The molecular weight excluding hydrogens is 452 g/mol. The molecule has 3 aromatic rings. The van der Waals surface area contributed by atoms with Crippen molar-refractivity contribution >= 4 is 39.3 Å². The van der Waals surface area contributed by atoms with E-state index in [9.17, 15) is 4.79 Å². The molecule has 150 valence electrons. The molecule has 0 fully saturated rings. The number of anilines is 1. The number of halogens is 1. The lowest BCUT2D eigenvalue weighted by molar-refractivity contribution is -0.113. The maximum atomic E-state index is 12.2. The fourth-order valence-electron chi connectivity index (χ4n) is 2.57. The molecule has 0 bridgehead atoms. The highest BCUT2D eigenvalue weighted by Gasteiger charge is 2.14. The molecule has 1 aromatic heterocycles. The molecule has 0 atom stereocenters. The van der Waals surface area contributed by atoms with Crippen LogP contribution in [-0.4, -0.2) is 26.4 Å². The van der Waals surface area contributed by atoms with Crippen LogP contribution in [0.2, 0.25) is 0 Å². The van der Waals surface area contributed by atoms with Crippen LogP contribution in [0.25, 0.3) is 0 Å². The van der Waals surface area contributed by atoms with Crippen LogP contribution in [0.15, 0.2) is 70.8 Å². The quantitative estimate of drug-likeness (QED) is 0.356. The van der Waals surface area contributed by atoms with Gasteiger partial charge in [0, 0.05) is 16.7 Å². The van der Waals surface area contributed by atoms with E-state index in [1.165, 1.54) is 11.8 Å². The molecule has 1 heterocycles. The van der Waals surface area contributed by atoms with Crippen LogP contribution in [0.5, 0.6) is 5.75 Å². The lowest BCUT2D eigenvalue weighted by Crippen LogP contribution is -2.15. The van der Waals surface area contributed by atoms with Gasteiger partial charge in [-0.1, -0.05) is 52.0 Å². The third kappa shape index (κ3) is 5.95. The van der Waals surface area contributed by atoms with E-state index < -0.39 is 0 Å². The highest BCUT2D eigenvalue weighted by atomic mass is 79.9. The van der Waals surface area contributed by atoms with Crippen LogP contribution in [-0.2, 0) is 17.9 Å². The van der Waals surface area contributed by atoms with Crippen LogP contribution >= 0.6 is 27.7 Å². The Kier molecular flexibility index (Phi) is 7.48. The topological polar surface area (TPSA) is 69.0 Å². The summed E-state index contributed by atoms with van der Waals surface area (Å²) in [6.45, 7) is 6.62. The number of amides is 1. The summed E-state index contributed by atoms with van der Waals surface area (Å²) < 4.78 is 8.75. The second-order valence-corrected chi connectivity index (χ2v) is 8.05. The number of rotatable bonds is 9. The van der Waals surface area contributed by atoms with Gasteiger partial charge >= 0.3 is 0 Å². The summed E-state index contributed by atoms with van der Waals surface area (Å²) in [4.78, 5) is 12.2. The largest absolute Gasteiger partial charge is 0.485 e. The van der Waals surface area contributed by atoms with Gasteiger partial charge < -0.3 is 10.1 Å². The lowest BCUT2D eigenvalue weighted by Gasteiger charge is -2.10. The molecule has 29 heavy (non-hydrogen) atoms. The predicted octanol–water partition coefficient (Wildman–Crippen LogP) is 4.84. The molecule has 0 aliphatic heterocycles. The molecule has 0 spiro atoms. The Morgan fingerprint density at radius 3 is 2.72 bits per heavy atom. The van der Waals surface area contributed by atoms with Crippen LogP contribution in [0.4, 0.5) is 5.69 Å². The number of thioether (sulfide) groups is 1. The first-order valence-electron chi connectivity index (χ1n) is 8.96. The Balaban J connectivity index is 1.61. The van der Waals surface area contributed by atoms with Crippen molar-refractivity contribution in [2.45, 2.75) is 25.2 Å². The zero-order valence-corrected chi connectivity index (χ0v) is 18.4. The summed E-state index contributed by atoms with van der Waals surface area (Å²) in [6.07, 6.45) is 1.77. The van der Waals surface area contributed by atoms with Crippen molar-refractivity contribution in [1.82, 2.24) is 14.8 Å². The number of benzene rings is 2. The predicted molar refractivity (Wildman–Crippen MR) is 119 cm³/mol. The van der Waals surface area contributed by atoms with Crippen molar-refractivity contribution in [3.8, 4) is 5.75 Å². The number of allylic oxidation sites excluding steroid dienone is 1. The summed E-state index contributed by atoms with van der Waals surface area (Å²) in [7, 11) is 0. The van der Waals surface area contributed by atoms with Crippen LogP contribution in [0.3, 0.4) is 0 Å². The zero-order chi connectivity index (χ0) is 20.6. The number of ether oxygens (including phenoxy) is 1. The number of hydrogen-bond donors (Lipinski definition) is 1. The van der Waals surface area contributed by atoms with E-state index in [4.69, 9.17) is 4.74 Å². The minimum absolute atomic E-state index is 0.108. The maximum Gasteiger partial charge on any atom is 0.234 e. The molecule has 1 amide bonds. The van der Waals surface area contributed by atoms with Gasteiger partial charge in [0.25, 0.3) is 0 Å². The Bertz CT molecular complexity index is 989. The molecule has 8 heteroatoms. The van der Waals surface area contributed by atoms with Crippen molar-refractivity contribution in [2.75, 3.05) is 11.1 Å². The van der Waals surface area contributed by atoms with Gasteiger partial charge in [0.2, 0.25) is 5.91 Å². The minimum atomic E-state index is -0.108. The van der Waals surface area contributed by atoms with Gasteiger partial charge in [0.05, 0.1) is 5.75 Å². The number of carbonyl (C=O) groups is 1. The summed E-state index contributed by atoms with van der Waals surface area (Å²) in [5.74, 6) is 1.61. The van der Waals surface area contributed by atoms with E-state index in [0.29, 0.717) is 17.5 Å². The monoisotopic (exact) mass is 472 g/mol. The molecule has 0 unspecified atom stereocenters. The zero-order valence-electron chi connectivity index (χ0n) is 16.0. The highest BCUT2D eigenvalue weighted by Crippen LogP contribution is 2.21. The van der Waals surface area contributed by atoms with Gasteiger partial charge in [0.15, 0.2) is 11.0 Å². The van der Waals surface area contributed by atoms with E-state index in [2.05, 4.69) is 38.0 Å². The molecule has 0 aliphatic carbocycles. The normalized spacial score (nSPS) is 10.6. The summed E-state index contributed by atoms with van der Waals surface area (Å²) in [5.41, 5.74) is 1.81. The first kappa shape index (κ1) is 21.1. The first-order valence-corrected chi connectivity index (χ1v) is 10.7. The second kappa shape index (κ2) is 10.3. The Labute approximate surface area is 182 Å². The van der Waals surface area contributed by atoms with Gasteiger partial charge in [-0.15, -0.1) is 16.8 Å². The molecule has 0 saturated heterocycles. The SMILES string of the molecule is C=CCn1c(COc2ccccc2C)nnc1SCC(=O)Nc1ccc(Br)cc1. The third-order valence-electron chi connectivity index (χ3n) is 4.02. The molecule has 0 radical (unpaired) electrons. The number of carbonyl (C=O) groups excluding carboxylic acids is 1. The number of aryl methyl sites for hydroxylation is 1. The number of hydrogen-bond acceptors (Lipinski definition) is 5. The number of para-hydroxylation sites is 1. The third-order valence-corrected chi connectivity index (χ3v) is 5.51. The first-order chi connectivity index (χ1) is 14.1. The molecule has 3 rings (SSSR count). The average Bonchev–Trinajstić information content (AvgIpc) is 3.09. The van der Waals surface area contributed by atoms with Gasteiger partial charge in [-0.3, -0.25) is 9.36 Å². The lowest BCUT2D eigenvalue weighted by atomic mass is 10.2. The fourth-order valence-corrected chi connectivity index (χ4v) is 3.60. The van der Waals surface area contributed by atoms with Crippen molar-refractivity contribution in [2.24, 2.45) is 0 Å². The van der Waals surface area contributed by atoms with Gasteiger partial charge in [-0.25, -0.2) is 0 Å². The van der Waals surface area contributed by atoms with Crippen molar-refractivity contribution in [1.29, 1.82) is 0 Å². The average molecular weight is 473 g/mol. The van der Waals surface area contributed by atoms with E-state index in [1.807, 2.05) is 60.0 Å². The van der Waals surface area contributed by atoms with E-state index in [1.54, 1.807) is 6.08 Å². The van der Waals surface area contributed by atoms with E-state index in [0.717, 1.165) is 21.5 Å². The van der Waals surface area contributed by atoms with Crippen molar-refractivity contribution in [3.05, 3.63) is 77.0 Å². The number of aromatic nitrogens is 3. The fraction of sp³-hybridized carbons (Fsp3) is 0.190. The number of nitrogens with one attached hydrogen (secondary N) is 1. The Morgan fingerprint density at radius 1 is 1.24 bits per heavy atom. The van der Waals surface area contributed by atoms with Crippen LogP contribution in [0.1, 0.15) is 11.4 Å². The van der Waals surface area contributed by atoms with Gasteiger partial charge in [-0.2, -0.15) is 0 Å². The molecule has 2 aromatic carbocycles. The molecular formula is C21H21BrN4O2S. The second-order valence-electron chi connectivity index (χ2n) is 6.20. The maximum absolute atomic E-state index is 12.2. The molecule has 0 saturated carbocycles.